The van der Waals surface area contributed by atoms with Crippen molar-refractivity contribution in [3.05, 3.63) is 36.0 Å². The number of para-hydroxylation sites is 1. The molecule has 15 heavy (non-hydrogen) atoms. The Morgan fingerprint density at radius 1 is 1.27 bits per heavy atom. The minimum absolute atomic E-state index is 0.541. The van der Waals surface area contributed by atoms with Crippen LogP contribution in [-0.2, 0) is 6.42 Å². The highest BCUT2D eigenvalue weighted by Gasteiger charge is 2.34. The van der Waals surface area contributed by atoms with Gasteiger partial charge < -0.3 is 15.4 Å². The van der Waals surface area contributed by atoms with Gasteiger partial charge in [-0.15, -0.1) is 0 Å². The van der Waals surface area contributed by atoms with Crippen LogP contribution >= 0.6 is 0 Å². The summed E-state index contributed by atoms with van der Waals surface area (Å²) < 4.78 is 0. The van der Waals surface area contributed by atoms with Crippen molar-refractivity contribution in [3.63, 3.8) is 0 Å². The van der Waals surface area contributed by atoms with Crippen LogP contribution in [0.15, 0.2) is 30.3 Å². The lowest BCUT2D eigenvalue weighted by Crippen LogP contribution is -2.60. The van der Waals surface area contributed by atoms with E-state index in [0.717, 1.165) is 11.2 Å². The van der Waals surface area contributed by atoms with Crippen LogP contribution in [0.1, 0.15) is 5.69 Å². The topological polar surface area (TPSA) is 48.0 Å². The number of benzene rings is 1. The number of H-pyrrole nitrogens is 1. The maximum Gasteiger partial charge on any atom is 0.0949 e. The second-order valence-electron chi connectivity index (χ2n) is 4.39. The zero-order valence-corrected chi connectivity index (χ0v) is 8.46. The van der Waals surface area contributed by atoms with Crippen molar-refractivity contribution in [1.82, 2.24) is 10.3 Å². The Morgan fingerprint density at radius 3 is 2.73 bits per heavy atom. The minimum atomic E-state index is -0.541. The lowest BCUT2D eigenvalue weighted by Gasteiger charge is -2.37. The van der Waals surface area contributed by atoms with Crippen LogP contribution < -0.4 is 5.32 Å². The Morgan fingerprint density at radius 2 is 2.07 bits per heavy atom. The molecule has 0 atom stereocenters. The number of β-amino-alcohol motifs (C(OH)–C–C–N with tert-alkyl or cyclic N) is 1. The van der Waals surface area contributed by atoms with E-state index < -0.39 is 5.60 Å². The molecular formula is C12H14N2O. The molecule has 3 nitrogen and oxygen atoms in total. The third kappa shape index (κ3) is 1.54. The standard InChI is InChI=1S/C12H14N2O/c15-12(7-13-8-12)6-10-5-9-3-1-2-4-11(9)14-10/h1-5,13-15H,6-8H2. The smallest absolute Gasteiger partial charge is 0.0949 e. The SMILES string of the molecule is OC1(Cc2cc3ccccc3[nH]2)CNC1. The van der Waals surface area contributed by atoms with Crippen molar-refractivity contribution in [2.45, 2.75) is 12.0 Å². The van der Waals surface area contributed by atoms with Crippen molar-refractivity contribution in [3.8, 4) is 0 Å². The maximum absolute atomic E-state index is 10.0. The van der Waals surface area contributed by atoms with Crippen LogP contribution in [0.2, 0.25) is 0 Å². The van der Waals surface area contributed by atoms with E-state index in [4.69, 9.17) is 0 Å². The van der Waals surface area contributed by atoms with Gasteiger partial charge in [-0.3, -0.25) is 0 Å². The molecule has 0 saturated carbocycles. The first-order valence-corrected chi connectivity index (χ1v) is 5.25. The summed E-state index contributed by atoms with van der Waals surface area (Å²) in [5, 5.41) is 14.3. The molecule has 1 aromatic heterocycles. The zero-order chi connectivity index (χ0) is 10.3. The van der Waals surface area contributed by atoms with E-state index in [-0.39, 0.29) is 0 Å². The lowest BCUT2D eigenvalue weighted by atomic mass is 9.91. The molecule has 0 amide bonds. The predicted octanol–water partition coefficient (Wildman–Crippen LogP) is 1.04. The Hall–Kier alpha value is -1.32. The van der Waals surface area contributed by atoms with Gasteiger partial charge in [-0.1, -0.05) is 18.2 Å². The van der Waals surface area contributed by atoms with E-state index in [0.29, 0.717) is 19.5 Å². The molecule has 78 valence electrons. The van der Waals surface area contributed by atoms with Crippen LogP contribution in [0.25, 0.3) is 10.9 Å². The van der Waals surface area contributed by atoms with Gasteiger partial charge in [0.05, 0.1) is 5.60 Å². The van der Waals surface area contributed by atoms with E-state index in [2.05, 4.69) is 28.5 Å². The first-order chi connectivity index (χ1) is 7.25. The van der Waals surface area contributed by atoms with Crippen molar-refractivity contribution >= 4 is 10.9 Å². The van der Waals surface area contributed by atoms with Crippen LogP contribution in [0.5, 0.6) is 0 Å². The first kappa shape index (κ1) is 8.95. The number of fused-ring (bicyclic) bond motifs is 1. The number of rotatable bonds is 2. The zero-order valence-electron chi connectivity index (χ0n) is 8.46. The summed E-state index contributed by atoms with van der Waals surface area (Å²) in [5.74, 6) is 0. The molecular weight excluding hydrogens is 188 g/mol. The summed E-state index contributed by atoms with van der Waals surface area (Å²) in [4.78, 5) is 3.33. The summed E-state index contributed by atoms with van der Waals surface area (Å²) in [7, 11) is 0. The number of aromatic nitrogens is 1. The number of hydrogen-bond acceptors (Lipinski definition) is 2. The molecule has 1 fully saturated rings. The molecule has 0 spiro atoms. The quantitative estimate of drug-likeness (QED) is 0.681. The molecule has 3 heteroatoms. The second-order valence-corrected chi connectivity index (χ2v) is 4.39. The van der Waals surface area contributed by atoms with E-state index >= 15 is 0 Å². The molecule has 1 aromatic carbocycles. The molecule has 3 rings (SSSR count). The van der Waals surface area contributed by atoms with Gasteiger partial charge in [0.15, 0.2) is 0 Å². The fraction of sp³-hybridized carbons (Fsp3) is 0.333. The molecule has 1 aliphatic rings. The fourth-order valence-electron chi connectivity index (χ4n) is 2.12. The largest absolute Gasteiger partial charge is 0.387 e. The van der Waals surface area contributed by atoms with Gasteiger partial charge in [0.2, 0.25) is 0 Å². The lowest BCUT2D eigenvalue weighted by molar-refractivity contribution is -0.00967. The van der Waals surface area contributed by atoms with E-state index in [9.17, 15) is 5.11 Å². The monoisotopic (exact) mass is 202 g/mol. The Labute approximate surface area is 88.1 Å². The highest BCUT2D eigenvalue weighted by Crippen LogP contribution is 2.21. The molecule has 0 aliphatic carbocycles. The van der Waals surface area contributed by atoms with Crippen LogP contribution in [0, 0.1) is 0 Å². The van der Waals surface area contributed by atoms with Crippen molar-refractivity contribution in [2.75, 3.05) is 13.1 Å². The third-order valence-corrected chi connectivity index (χ3v) is 3.01. The molecule has 2 heterocycles. The van der Waals surface area contributed by atoms with Gasteiger partial charge >= 0.3 is 0 Å². The Bertz CT molecular complexity index is 452. The van der Waals surface area contributed by atoms with Crippen molar-refractivity contribution in [2.24, 2.45) is 0 Å². The first-order valence-electron chi connectivity index (χ1n) is 5.25. The number of aliphatic hydroxyl groups is 1. The average Bonchev–Trinajstić information content (AvgIpc) is 2.57. The van der Waals surface area contributed by atoms with E-state index in [1.807, 2.05) is 12.1 Å². The van der Waals surface area contributed by atoms with Gasteiger partial charge in [-0.05, 0) is 17.5 Å². The van der Waals surface area contributed by atoms with Crippen LogP contribution in [-0.4, -0.2) is 28.8 Å². The van der Waals surface area contributed by atoms with Gasteiger partial charge in [0.25, 0.3) is 0 Å². The summed E-state index contributed by atoms with van der Waals surface area (Å²) >= 11 is 0. The molecule has 1 aliphatic heterocycles. The molecule has 0 radical (unpaired) electrons. The highest BCUT2D eigenvalue weighted by atomic mass is 16.3. The van der Waals surface area contributed by atoms with E-state index in [1.165, 1.54) is 5.39 Å². The number of hydrogen-bond donors (Lipinski definition) is 3. The van der Waals surface area contributed by atoms with Gasteiger partial charge in [0.1, 0.15) is 0 Å². The van der Waals surface area contributed by atoms with Crippen LogP contribution in [0.4, 0.5) is 0 Å². The van der Waals surface area contributed by atoms with Crippen molar-refractivity contribution in [1.29, 1.82) is 0 Å². The van der Waals surface area contributed by atoms with Crippen molar-refractivity contribution < 1.29 is 5.11 Å². The molecule has 0 unspecified atom stereocenters. The minimum Gasteiger partial charge on any atom is -0.387 e. The van der Waals surface area contributed by atoms with Gasteiger partial charge in [0, 0.05) is 30.7 Å². The van der Waals surface area contributed by atoms with Crippen LogP contribution in [0.3, 0.4) is 0 Å². The molecule has 2 aromatic rings. The predicted molar refractivity (Wildman–Crippen MR) is 59.8 cm³/mol. The van der Waals surface area contributed by atoms with Gasteiger partial charge in [-0.25, -0.2) is 0 Å². The maximum atomic E-state index is 10.0. The molecule has 1 saturated heterocycles. The highest BCUT2D eigenvalue weighted by molar-refractivity contribution is 5.80. The number of nitrogens with one attached hydrogen (secondary N) is 2. The number of aromatic amines is 1. The normalized spacial score (nSPS) is 19.0. The Kier molecular flexibility index (Phi) is 1.84. The van der Waals surface area contributed by atoms with E-state index in [1.54, 1.807) is 0 Å². The summed E-state index contributed by atoms with van der Waals surface area (Å²) in [5.41, 5.74) is 1.71. The summed E-state index contributed by atoms with van der Waals surface area (Å²) in [6.07, 6.45) is 0.703. The molecule has 3 N–H and O–H groups in total. The fourth-order valence-corrected chi connectivity index (χ4v) is 2.12. The summed E-state index contributed by atoms with van der Waals surface area (Å²) in [6, 6.07) is 10.3. The van der Waals surface area contributed by atoms with Gasteiger partial charge in [-0.2, -0.15) is 0 Å². The molecule has 0 bridgehead atoms. The Balaban J connectivity index is 1.91. The summed E-state index contributed by atoms with van der Waals surface area (Å²) in [6.45, 7) is 1.39. The second kappa shape index (κ2) is 3.08. The average molecular weight is 202 g/mol. The third-order valence-electron chi connectivity index (χ3n) is 3.01.